The lowest BCUT2D eigenvalue weighted by molar-refractivity contribution is 0.122. The van der Waals surface area contributed by atoms with Crippen LogP contribution in [0, 0.1) is 5.41 Å². The van der Waals surface area contributed by atoms with E-state index in [9.17, 15) is 5.11 Å². The van der Waals surface area contributed by atoms with Gasteiger partial charge in [-0.3, -0.25) is 0 Å². The van der Waals surface area contributed by atoms with E-state index in [1.807, 2.05) is 0 Å². The van der Waals surface area contributed by atoms with Gasteiger partial charge in [0.25, 0.3) is 0 Å². The van der Waals surface area contributed by atoms with E-state index in [2.05, 4.69) is 38.1 Å². The van der Waals surface area contributed by atoms with Crippen LogP contribution in [0.4, 0.5) is 0 Å². The maximum atomic E-state index is 9.47. The highest BCUT2D eigenvalue weighted by Gasteiger charge is 2.32. The van der Waals surface area contributed by atoms with Crippen molar-refractivity contribution in [1.82, 2.24) is 0 Å². The molecule has 1 unspecified atom stereocenters. The van der Waals surface area contributed by atoms with E-state index in [4.69, 9.17) is 0 Å². The zero-order chi connectivity index (χ0) is 10.9. The molecule has 0 saturated heterocycles. The topological polar surface area (TPSA) is 20.2 Å². The Labute approximate surface area is 92.1 Å². The molecular formula is C14H20O. The molecule has 1 atom stereocenters. The van der Waals surface area contributed by atoms with Crippen molar-refractivity contribution in [2.75, 3.05) is 6.61 Å². The molecule has 2 rings (SSSR count). The maximum absolute atomic E-state index is 9.47. The number of hydrogen-bond donors (Lipinski definition) is 1. The van der Waals surface area contributed by atoms with E-state index < -0.39 is 0 Å². The third-order valence-corrected chi connectivity index (χ3v) is 3.72. The fourth-order valence-electron chi connectivity index (χ4n) is 2.68. The molecule has 1 aliphatic carbocycles. The predicted molar refractivity (Wildman–Crippen MR) is 63.0 cm³/mol. The van der Waals surface area contributed by atoms with Crippen LogP contribution in [0.3, 0.4) is 0 Å². The molecule has 1 aromatic carbocycles. The number of benzene rings is 1. The maximum Gasteiger partial charge on any atom is 0.0487 e. The lowest BCUT2D eigenvalue weighted by Crippen LogP contribution is -2.29. The standard InChI is InChI=1S/C14H20O/c1-14(2,10-15)13-9-5-7-11-6-3-4-8-12(11)13/h3-4,6,8,13,15H,5,7,9-10H2,1-2H3. The average molecular weight is 204 g/mol. The Balaban J connectivity index is 2.38. The third kappa shape index (κ3) is 1.93. The van der Waals surface area contributed by atoms with E-state index in [0.717, 1.165) is 0 Å². The highest BCUT2D eigenvalue weighted by molar-refractivity contribution is 5.33. The molecule has 0 bridgehead atoms. The molecular weight excluding hydrogens is 184 g/mol. The van der Waals surface area contributed by atoms with Gasteiger partial charge in [-0.15, -0.1) is 0 Å². The molecule has 0 radical (unpaired) electrons. The molecule has 0 fully saturated rings. The monoisotopic (exact) mass is 204 g/mol. The van der Waals surface area contributed by atoms with Crippen LogP contribution >= 0.6 is 0 Å². The third-order valence-electron chi connectivity index (χ3n) is 3.72. The second-order valence-electron chi connectivity index (χ2n) is 5.29. The summed E-state index contributed by atoms with van der Waals surface area (Å²) in [6.45, 7) is 4.60. The van der Waals surface area contributed by atoms with Crippen molar-refractivity contribution in [1.29, 1.82) is 0 Å². The molecule has 0 saturated carbocycles. The normalized spacial score (nSPS) is 21.1. The highest BCUT2D eigenvalue weighted by atomic mass is 16.3. The second-order valence-corrected chi connectivity index (χ2v) is 5.29. The Morgan fingerprint density at radius 3 is 2.80 bits per heavy atom. The van der Waals surface area contributed by atoms with Crippen LogP contribution in [0.25, 0.3) is 0 Å². The first-order valence-electron chi connectivity index (χ1n) is 5.84. The van der Waals surface area contributed by atoms with Crippen molar-refractivity contribution >= 4 is 0 Å². The molecule has 0 spiro atoms. The Morgan fingerprint density at radius 2 is 2.07 bits per heavy atom. The zero-order valence-corrected chi connectivity index (χ0v) is 9.66. The number of fused-ring (bicyclic) bond motifs is 1. The summed E-state index contributed by atoms with van der Waals surface area (Å²) in [6.07, 6.45) is 3.67. The minimum Gasteiger partial charge on any atom is -0.396 e. The first-order chi connectivity index (χ1) is 7.15. The molecule has 15 heavy (non-hydrogen) atoms. The predicted octanol–water partition coefficient (Wildman–Crippen LogP) is 3.13. The fraction of sp³-hybridized carbons (Fsp3) is 0.571. The van der Waals surface area contributed by atoms with Gasteiger partial charge in [0.15, 0.2) is 0 Å². The fourth-order valence-corrected chi connectivity index (χ4v) is 2.68. The number of aliphatic hydroxyl groups is 1. The van der Waals surface area contributed by atoms with Crippen LogP contribution in [0.2, 0.25) is 0 Å². The molecule has 1 nitrogen and oxygen atoms in total. The summed E-state index contributed by atoms with van der Waals surface area (Å²) in [7, 11) is 0. The lowest BCUT2D eigenvalue weighted by atomic mass is 9.69. The van der Waals surface area contributed by atoms with Crippen LogP contribution in [-0.4, -0.2) is 11.7 Å². The Kier molecular flexibility index (Phi) is 2.83. The molecule has 1 aromatic rings. The smallest absolute Gasteiger partial charge is 0.0487 e. The molecule has 1 aliphatic rings. The van der Waals surface area contributed by atoms with Gasteiger partial charge in [0.05, 0.1) is 0 Å². The second kappa shape index (κ2) is 3.97. The number of hydrogen-bond acceptors (Lipinski definition) is 1. The van der Waals surface area contributed by atoms with Gasteiger partial charge in [0.2, 0.25) is 0 Å². The Hall–Kier alpha value is -0.820. The van der Waals surface area contributed by atoms with Crippen LogP contribution < -0.4 is 0 Å². The van der Waals surface area contributed by atoms with Crippen molar-refractivity contribution in [2.24, 2.45) is 5.41 Å². The molecule has 1 N–H and O–H groups in total. The van der Waals surface area contributed by atoms with Gasteiger partial charge in [0, 0.05) is 6.61 Å². The minimum atomic E-state index is 0.0104. The number of aliphatic hydroxyl groups excluding tert-OH is 1. The summed E-state index contributed by atoms with van der Waals surface area (Å²) in [5.74, 6) is 0.521. The van der Waals surface area contributed by atoms with Gasteiger partial charge in [-0.2, -0.15) is 0 Å². The minimum absolute atomic E-state index is 0.0104. The van der Waals surface area contributed by atoms with E-state index in [-0.39, 0.29) is 12.0 Å². The van der Waals surface area contributed by atoms with E-state index >= 15 is 0 Å². The van der Waals surface area contributed by atoms with Gasteiger partial charge in [0.1, 0.15) is 0 Å². The summed E-state index contributed by atoms with van der Waals surface area (Å²) < 4.78 is 0. The van der Waals surface area contributed by atoms with Crippen LogP contribution in [-0.2, 0) is 6.42 Å². The first-order valence-corrected chi connectivity index (χ1v) is 5.84. The van der Waals surface area contributed by atoms with Crippen molar-refractivity contribution < 1.29 is 5.11 Å². The summed E-state index contributed by atoms with van der Waals surface area (Å²) in [5.41, 5.74) is 2.95. The van der Waals surface area contributed by atoms with Gasteiger partial charge in [-0.1, -0.05) is 38.1 Å². The molecule has 0 aromatic heterocycles. The average Bonchev–Trinajstić information content (AvgIpc) is 2.28. The SMILES string of the molecule is CC(C)(CO)C1CCCc2ccccc21. The van der Waals surface area contributed by atoms with Gasteiger partial charge >= 0.3 is 0 Å². The molecule has 0 aliphatic heterocycles. The molecule has 1 heteroatoms. The molecule has 0 amide bonds. The molecule has 0 heterocycles. The Bertz CT molecular complexity index is 341. The summed E-state index contributed by atoms with van der Waals surface area (Å²) in [6, 6.07) is 8.70. The van der Waals surface area contributed by atoms with Gasteiger partial charge < -0.3 is 5.11 Å². The van der Waals surface area contributed by atoms with Gasteiger partial charge in [-0.25, -0.2) is 0 Å². The summed E-state index contributed by atoms with van der Waals surface area (Å²) in [4.78, 5) is 0. The summed E-state index contributed by atoms with van der Waals surface area (Å²) >= 11 is 0. The van der Waals surface area contributed by atoms with Gasteiger partial charge in [-0.05, 0) is 41.7 Å². The van der Waals surface area contributed by atoms with Crippen LogP contribution in [0.1, 0.15) is 43.7 Å². The van der Waals surface area contributed by atoms with Crippen LogP contribution in [0.5, 0.6) is 0 Å². The first kappa shape index (κ1) is 10.7. The van der Waals surface area contributed by atoms with E-state index in [0.29, 0.717) is 5.92 Å². The van der Waals surface area contributed by atoms with Crippen molar-refractivity contribution in [3.8, 4) is 0 Å². The largest absolute Gasteiger partial charge is 0.396 e. The van der Waals surface area contributed by atoms with Crippen molar-refractivity contribution in [3.63, 3.8) is 0 Å². The van der Waals surface area contributed by atoms with E-state index in [1.54, 1.807) is 0 Å². The number of aryl methyl sites for hydroxylation is 1. The zero-order valence-electron chi connectivity index (χ0n) is 9.66. The molecule has 82 valence electrons. The van der Waals surface area contributed by atoms with Crippen molar-refractivity contribution in [2.45, 2.75) is 39.0 Å². The van der Waals surface area contributed by atoms with Crippen molar-refractivity contribution in [3.05, 3.63) is 35.4 Å². The van der Waals surface area contributed by atoms with E-state index in [1.165, 1.54) is 30.4 Å². The lowest BCUT2D eigenvalue weighted by Gasteiger charge is -2.37. The quantitative estimate of drug-likeness (QED) is 0.784. The summed E-state index contributed by atoms with van der Waals surface area (Å²) in [5, 5.41) is 9.47. The Morgan fingerprint density at radius 1 is 1.33 bits per heavy atom. The van der Waals surface area contributed by atoms with Crippen LogP contribution in [0.15, 0.2) is 24.3 Å². The number of rotatable bonds is 2. The highest BCUT2D eigenvalue weighted by Crippen LogP contribution is 2.43.